The first kappa shape index (κ1) is 10.3. The summed E-state index contributed by atoms with van der Waals surface area (Å²) in [5.41, 5.74) is -0.305. The number of halogens is 1. The van der Waals surface area contributed by atoms with Crippen LogP contribution in [0, 0.1) is 0 Å². The zero-order valence-electron chi connectivity index (χ0n) is 13.5. The highest BCUT2D eigenvalue weighted by molar-refractivity contribution is 9.10. The standard InChI is InChI=1S/C14H18BrNO3/c1-17-13(11-3-2-4-12(15)16-11)5-7-14(8-6-13)18-9-10-19-14/h2-4H,5-10H2,1H3/i1D3. The molecule has 0 aromatic carbocycles. The van der Waals surface area contributed by atoms with Gasteiger partial charge >= 0.3 is 0 Å². The summed E-state index contributed by atoms with van der Waals surface area (Å²) in [6.45, 7) is 1.17. The first-order chi connectivity index (χ1) is 10.3. The van der Waals surface area contributed by atoms with Gasteiger partial charge in [0.05, 0.1) is 23.0 Å². The van der Waals surface area contributed by atoms with E-state index in [1.807, 2.05) is 12.1 Å². The van der Waals surface area contributed by atoms with Gasteiger partial charge in [-0.2, -0.15) is 0 Å². The molecular weight excluding hydrogens is 310 g/mol. The first-order valence-corrected chi connectivity index (χ1v) is 7.23. The molecule has 1 saturated heterocycles. The van der Waals surface area contributed by atoms with Gasteiger partial charge in [-0.15, -0.1) is 0 Å². The molecule has 3 rings (SSSR count). The molecule has 0 amide bonds. The molecule has 0 bridgehead atoms. The lowest BCUT2D eigenvalue weighted by Crippen LogP contribution is -2.43. The minimum absolute atomic E-state index is 0.495. The van der Waals surface area contributed by atoms with Gasteiger partial charge < -0.3 is 14.2 Å². The van der Waals surface area contributed by atoms with Gasteiger partial charge in [-0.05, 0) is 40.9 Å². The molecule has 19 heavy (non-hydrogen) atoms. The maximum atomic E-state index is 7.51. The fraction of sp³-hybridized carbons (Fsp3) is 0.643. The Kier molecular flexibility index (Phi) is 2.77. The number of rotatable bonds is 2. The Morgan fingerprint density at radius 1 is 1.26 bits per heavy atom. The molecule has 0 N–H and O–H groups in total. The fourth-order valence-electron chi connectivity index (χ4n) is 2.89. The molecule has 5 heteroatoms. The Balaban J connectivity index is 1.88. The summed E-state index contributed by atoms with van der Waals surface area (Å²) in [7, 11) is -2.48. The SMILES string of the molecule is [2H]C([2H])([2H])OC1(c2cccc(Br)n2)CCC2(CC1)OCCO2. The molecule has 2 fully saturated rings. The smallest absolute Gasteiger partial charge is 0.168 e. The Morgan fingerprint density at radius 3 is 2.63 bits per heavy atom. The maximum absolute atomic E-state index is 7.51. The zero-order chi connectivity index (χ0) is 15.8. The normalized spacial score (nSPS) is 27.7. The topological polar surface area (TPSA) is 40.6 Å². The van der Waals surface area contributed by atoms with Crippen molar-refractivity contribution in [2.75, 3.05) is 20.3 Å². The maximum Gasteiger partial charge on any atom is 0.168 e. The Bertz CT molecular complexity index is 536. The van der Waals surface area contributed by atoms with E-state index in [0.29, 0.717) is 49.2 Å². The molecule has 0 unspecified atom stereocenters. The van der Waals surface area contributed by atoms with E-state index in [2.05, 4.69) is 20.9 Å². The van der Waals surface area contributed by atoms with Crippen molar-refractivity contribution in [1.29, 1.82) is 0 Å². The fourth-order valence-corrected chi connectivity index (χ4v) is 3.24. The van der Waals surface area contributed by atoms with E-state index in [0.717, 1.165) is 0 Å². The van der Waals surface area contributed by atoms with Gasteiger partial charge in [0, 0.05) is 19.9 Å². The van der Waals surface area contributed by atoms with Crippen LogP contribution in [0.5, 0.6) is 0 Å². The van der Waals surface area contributed by atoms with Crippen molar-refractivity contribution in [3.05, 3.63) is 28.5 Å². The van der Waals surface area contributed by atoms with Crippen molar-refractivity contribution < 1.29 is 18.3 Å². The second kappa shape index (κ2) is 5.13. The molecule has 1 aromatic rings. The molecular formula is C14H18BrNO3. The van der Waals surface area contributed by atoms with E-state index in [9.17, 15) is 0 Å². The van der Waals surface area contributed by atoms with Crippen LogP contribution in [0.25, 0.3) is 0 Å². The van der Waals surface area contributed by atoms with Crippen molar-refractivity contribution in [2.45, 2.75) is 37.1 Å². The molecule has 2 aliphatic rings. The number of nitrogens with zero attached hydrogens (tertiary/aromatic N) is 1. The Hall–Kier alpha value is -0.490. The van der Waals surface area contributed by atoms with Crippen molar-refractivity contribution >= 4 is 15.9 Å². The highest BCUT2D eigenvalue weighted by Crippen LogP contribution is 2.46. The largest absolute Gasteiger partial charge is 0.372 e. The number of aromatic nitrogens is 1. The third-order valence-corrected chi connectivity index (χ3v) is 4.45. The van der Waals surface area contributed by atoms with Crippen LogP contribution in [-0.2, 0) is 19.8 Å². The molecule has 1 aliphatic carbocycles. The molecule has 4 nitrogen and oxygen atoms in total. The Morgan fingerprint density at radius 2 is 2.00 bits per heavy atom. The van der Waals surface area contributed by atoms with Crippen molar-refractivity contribution in [3.63, 3.8) is 0 Å². The number of methoxy groups -OCH3 is 1. The molecule has 104 valence electrons. The lowest BCUT2D eigenvalue weighted by molar-refractivity contribution is -0.209. The quantitative estimate of drug-likeness (QED) is 0.781. The van der Waals surface area contributed by atoms with Crippen LogP contribution in [-0.4, -0.2) is 31.0 Å². The summed E-state index contributed by atoms with van der Waals surface area (Å²) in [4.78, 5) is 4.43. The summed E-state index contributed by atoms with van der Waals surface area (Å²) in [5.74, 6) is -0.576. The predicted octanol–water partition coefficient (Wildman–Crippen LogP) is 3.00. The summed E-state index contributed by atoms with van der Waals surface area (Å²) >= 11 is 3.34. The Labute approximate surface area is 125 Å². The lowest BCUT2D eigenvalue weighted by Gasteiger charge is -2.42. The highest BCUT2D eigenvalue weighted by Gasteiger charge is 2.47. The van der Waals surface area contributed by atoms with Gasteiger partial charge in [-0.3, -0.25) is 0 Å². The number of hydrogen-bond donors (Lipinski definition) is 0. The van der Waals surface area contributed by atoms with Crippen LogP contribution >= 0.6 is 15.9 Å². The molecule has 0 atom stereocenters. The second-order valence-electron chi connectivity index (χ2n) is 5.05. The molecule has 0 radical (unpaired) electrons. The van der Waals surface area contributed by atoms with Crippen LogP contribution in [0.4, 0.5) is 0 Å². The molecule has 1 spiro atoms. The van der Waals surface area contributed by atoms with Crippen LogP contribution in [0.2, 0.25) is 0 Å². The van der Waals surface area contributed by atoms with Gasteiger partial charge in [0.15, 0.2) is 5.79 Å². The molecule has 1 saturated carbocycles. The summed E-state index contributed by atoms with van der Waals surface area (Å²) in [6.07, 6.45) is 2.18. The van der Waals surface area contributed by atoms with Gasteiger partial charge in [0.2, 0.25) is 0 Å². The minimum Gasteiger partial charge on any atom is -0.372 e. The van der Waals surface area contributed by atoms with Crippen LogP contribution in [0.15, 0.2) is 22.8 Å². The van der Waals surface area contributed by atoms with E-state index in [-0.39, 0.29) is 0 Å². The average Bonchev–Trinajstić information content (AvgIpc) is 2.89. The number of ether oxygens (including phenoxy) is 3. The first-order valence-electron chi connectivity index (χ1n) is 7.94. The highest BCUT2D eigenvalue weighted by atomic mass is 79.9. The van der Waals surface area contributed by atoms with Crippen molar-refractivity contribution in [2.24, 2.45) is 0 Å². The monoisotopic (exact) mass is 330 g/mol. The van der Waals surface area contributed by atoms with E-state index in [1.54, 1.807) is 6.07 Å². The van der Waals surface area contributed by atoms with E-state index >= 15 is 0 Å². The second-order valence-corrected chi connectivity index (χ2v) is 5.86. The average molecular weight is 331 g/mol. The van der Waals surface area contributed by atoms with Gasteiger partial charge in [0.1, 0.15) is 10.2 Å². The van der Waals surface area contributed by atoms with Crippen molar-refractivity contribution in [1.82, 2.24) is 4.98 Å². The van der Waals surface area contributed by atoms with Crippen LogP contribution < -0.4 is 0 Å². The third kappa shape index (κ3) is 2.44. The predicted molar refractivity (Wildman–Crippen MR) is 73.7 cm³/mol. The summed E-state index contributed by atoms with van der Waals surface area (Å²) in [5, 5.41) is 0. The minimum atomic E-state index is -2.48. The molecule has 1 aromatic heterocycles. The van der Waals surface area contributed by atoms with E-state index in [1.165, 1.54) is 0 Å². The summed E-state index contributed by atoms with van der Waals surface area (Å²) < 4.78 is 40.1. The van der Waals surface area contributed by atoms with Gasteiger partial charge in [-0.25, -0.2) is 4.98 Å². The molecule has 1 aliphatic heterocycles. The van der Waals surface area contributed by atoms with E-state index in [4.69, 9.17) is 18.3 Å². The van der Waals surface area contributed by atoms with Gasteiger partial charge in [0.25, 0.3) is 0 Å². The summed E-state index contributed by atoms with van der Waals surface area (Å²) in [6, 6.07) is 5.45. The van der Waals surface area contributed by atoms with Crippen molar-refractivity contribution in [3.8, 4) is 0 Å². The number of pyridine rings is 1. The third-order valence-electron chi connectivity index (χ3n) is 4.01. The van der Waals surface area contributed by atoms with E-state index < -0.39 is 18.4 Å². The van der Waals surface area contributed by atoms with Gasteiger partial charge in [-0.1, -0.05) is 6.07 Å². The lowest BCUT2D eigenvalue weighted by atomic mass is 9.79. The number of hydrogen-bond acceptors (Lipinski definition) is 4. The van der Waals surface area contributed by atoms with Crippen LogP contribution in [0.3, 0.4) is 0 Å². The molecule has 2 heterocycles. The van der Waals surface area contributed by atoms with Crippen LogP contribution in [0.1, 0.15) is 35.5 Å². The zero-order valence-corrected chi connectivity index (χ0v) is 12.1.